The molecule has 0 saturated carbocycles. The summed E-state index contributed by atoms with van der Waals surface area (Å²) in [6, 6.07) is 0. The highest BCUT2D eigenvalue weighted by Crippen LogP contribution is 2.28. The molecular formula is C14H19Br2NO5. The van der Waals surface area contributed by atoms with Gasteiger partial charge in [-0.3, -0.25) is 19.3 Å². The lowest BCUT2D eigenvalue weighted by atomic mass is 10.1. The van der Waals surface area contributed by atoms with Crippen LogP contribution in [0.5, 0.6) is 0 Å². The Morgan fingerprint density at radius 2 is 1.50 bits per heavy atom. The van der Waals surface area contributed by atoms with Crippen LogP contribution >= 0.6 is 31.9 Å². The molecule has 1 aliphatic rings. The van der Waals surface area contributed by atoms with E-state index in [4.69, 9.17) is 9.47 Å². The average Bonchev–Trinajstić information content (AvgIpc) is 2.66. The number of hydrogen-bond donors (Lipinski definition) is 0. The Hall–Kier alpha value is -0.570. The van der Waals surface area contributed by atoms with Gasteiger partial charge in [0.25, 0.3) is 11.8 Å². The van der Waals surface area contributed by atoms with Crippen LogP contribution in [0.2, 0.25) is 0 Å². The predicted octanol–water partition coefficient (Wildman–Crippen LogP) is 2.00. The number of nitrogens with zero attached hydrogens (tertiary/aromatic N) is 1. The van der Waals surface area contributed by atoms with E-state index >= 15 is 0 Å². The number of rotatable bonds is 10. The highest BCUT2D eigenvalue weighted by molar-refractivity contribution is 9.14. The van der Waals surface area contributed by atoms with Crippen molar-refractivity contribution in [3.63, 3.8) is 0 Å². The lowest BCUT2D eigenvalue weighted by Crippen LogP contribution is -2.34. The second kappa shape index (κ2) is 9.54. The van der Waals surface area contributed by atoms with E-state index in [1.54, 1.807) is 0 Å². The molecule has 6 nitrogen and oxygen atoms in total. The number of Topliss-reactive ketones (excluding diaryl/α,β-unsaturated/α-hetero) is 1. The van der Waals surface area contributed by atoms with Gasteiger partial charge in [-0.05, 0) is 31.9 Å². The first-order valence-corrected chi connectivity index (χ1v) is 8.54. The molecule has 0 fully saturated rings. The van der Waals surface area contributed by atoms with E-state index in [0.29, 0.717) is 26.2 Å². The minimum absolute atomic E-state index is 0.0302. The van der Waals surface area contributed by atoms with Crippen molar-refractivity contribution in [2.45, 2.75) is 20.3 Å². The van der Waals surface area contributed by atoms with Gasteiger partial charge in [0, 0.05) is 12.3 Å². The van der Waals surface area contributed by atoms with Crippen LogP contribution in [0, 0.1) is 5.92 Å². The number of hydrogen-bond acceptors (Lipinski definition) is 5. The standard InChI is InChI=1S/C14H19Br2NO5/c1-9(2)10(18)3-5-21-7-8-22-6-4-17-13(19)11(15)12(16)14(17)20/h9H,3-8H2,1-2H3. The molecule has 1 heterocycles. The highest BCUT2D eigenvalue weighted by Gasteiger charge is 2.35. The van der Waals surface area contributed by atoms with Crippen molar-refractivity contribution in [2.24, 2.45) is 5.92 Å². The first-order valence-electron chi connectivity index (χ1n) is 6.96. The molecule has 0 aromatic carbocycles. The quantitative estimate of drug-likeness (QED) is 0.383. The fourth-order valence-electron chi connectivity index (χ4n) is 1.66. The molecule has 0 spiro atoms. The molecule has 1 rings (SSSR count). The summed E-state index contributed by atoms with van der Waals surface area (Å²) in [6.45, 7) is 5.25. The van der Waals surface area contributed by atoms with Crippen LogP contribution in [0.3, 0.4) is 0 Å². The van der Waals surface area contributed by atoms with E-state index in [0.717, 1.165) is 4.90 Å². The zero-order chi connectivity index (χ0) is 16.7. The Morgan fingerprint density at radius 1 is 1.00 bits per heavy atom. The Kier molecular flexibility index (Phi) is 8.45. The van der Waals surface area contributed by atoms with Gasteiger partial charge in [-0.1, -0.05) is 13.8 Å². The first kappa shape index (κ1) is 19.5. The zero-order valence-corrected chi connectivity index (χ0v) is 15.7. The second-order valence-electron chi connectivity index (χ2n) is 4.99. The summed E-state index contributed by atoms with van der Waals surface area (Å²) in [4.78, 5) is 35.9. The average molecular weight is 441 g/mol. The summed E-state index contributed by atoms with van der Waals surface area (Å²) in [7, 11) is 0. The molecule has 0 bridgehead atoms. The van der Waals surface area contributed by atoms with Gasteiger partial charge in [0.1, 0.15) is 14.7 Å². The third kappa shape index (κ3) is 5.57. The van der Waals surface area contributed by atoms with Gasteiger partial charge in [-0.15, -0.1) is 0 Å². The molecule has 0 aromatic heterocycles. The lowest BCUT2D eigenvalue weighted by Gasteiger charge is -2.14. The van der Waals surface area contributed by atoms with Crippen molar-refractivity contribution in [3.8, 4) is 0 Å². The van der Waals surface area contributed by atoms with Crippen molar-refractivity contribution in [1.29, 1.82) is 0 Å². The number of carbonyl (C=O) groups excluding carboxylic acids is 3. The smallest absolute Gasteiger partial charge is 0.269 e. The van der Waals surface area contributed by atoms with Gasteiger partial charge in [0.2, 0.25) is 0 Å². The van der Waals surface area contributed by atoms with Gasteiger partial charge in [0.15, 0.2) is 0 Å². The van der Waals surface area contributed by atoms with Crippen LogP contribution in [0.15, 0.2) is 8.96 Å². The molecular weight excluding hydrogens is 422 g/mol. The highest BCUT2D eigenvalue weighted by atomic mass is 79.9. The summed E-state index contributed by atoms with van der Waals surface area (Å²) in [5, 5.41) is 0. The number of ether oxygens (including phenoxy) is 2. The molecule has 22 heavy (non-hydrogen) atoms. The molecule has 0 atom stereocenters. The lowest BCUT2D eigenvalue weighted by molar-refractivity contribution is -0.137. The van der Waals surface area contributed by atoms with Crippen LogP contribution in [-0.4, -0.2) is 55.5 Å². The van der Waals surface area contributed by atoms with Gasteiger partial charge in [-0.2, -0.15) is 0 Å². The molecule has 2 amide bonds. The Bertz CT molecular complexity index is 452. The minimum Gasteiger partial charge on any atom is -0.379 e. The topological polar surface area (TPSA) is 72.9 Å². The van der Waals surface area contributed by atoms with Crippen molar-refractivity contribution >= 4 is 49.5 Å². The summed E-state index contributed by atoms with van der Waals surface area (Å²) < 4.78 is 11.1. The molecule has 8 heteroatoms. The molecule has 0 radical (unpaired) electrons. The monoisotopic (exact) mass is 439 g/mol. The Labute approximate surface area is 146 Å². The van der Waals surface area contributed by atoms with Crippen LogP contribution in [0.1, 0.15) is 20.3 Å². The molecule has 0 aliphatic carbocycles. The molecule has 1 aliphatic heterocycles. The fourth-order valence-corrected chi connectivity index (χ4v) is 2.43. The summed E-state index contributed by atoms with van der Waals surface area (Å²) in [6.07, 6.45) is 0.405. The fraction of sp³-hybridized carbons (Fsp3) is 0.643. The summed E-state index contributed by atoms with van der Waals surface area (Å²) in [5.41, 5.74) is 0. The largest absolute Gasteiger partial charge is 0.379 e. The van der Waals surface area contributed by atoms with Crippen LogP contribution in [-0.2, 0) is 23.9 Å². The zero-order valence-electron chi connectivity index (χ0n) is 12.6. The van der Waals surface area contributed by atoms with E-state index in [2.05, 4.69) is 31.9 Å². The summed E-state index contributed by atoms with van der Waals surface area (Å²) >= 11 is 6.11. The van der Waals surface area contributed by atoms with E-state index < -0.39 is 0 Å². The molecule has 0 saturated heterocycles. The minimum atomic E-state index is -0.371. The maximum atomic E-state index is 11.7. The SMILES string of the molecule is CC(C)C(=O)CCOCCOCCN1C(=O)C(Br)=C(Br)C1=O. The summed E-state index contributed by atoms with van der Waals surface area (Å²) in [5.74, 6) is -0.536. The van der Waals surface area contributed by atoms with Gasteiger partial charge in [0.05, 0.1) is 33.0 Å². The van der Waals surface area contributed by atoms with E-state index in [-0.39, 0.29) is 45.6 Å². The Morgan fingerprint density at radius 3 is 2.00 bits per heavy atom. The molecule has 0 unspecified atom stereocenters. The van der Waals surface area contributed by atoms with E-state index in [1.807, 2.05) is 13.8 Å². The number of ketones is 1. The van der Waals surface area contributed by atoms with Crippen molar-refractivity contribution in [1.82, 2.24) is 4.90 Å². The van der Waals surface area contributed by atoms with Crippen molar-refractivity contribution in [2.75, 3.05) is 33.0 Å². The van der Waals surface area contributed by atoms with Gasteiger partial charge < -0.3 is 9.47 Å². The van der Waals surface area contributed by atoms with E-state index in [1.165, 1.54) is 0 Å². The molecule has 0 aromatic rings. The number of carbonyl (C=O) groups is 3. The second-order valence-corrected chi connectivity index (χ2v) is 6.57. The van der Waals surface area contributed by atoms with Crippen LogP contribution in [0.4, 0.5) is 0 Å². The molecule has 0 N–H and O–H groups in total. The maximum absolute atomic E-state index is 11.7. The van der Waals surface area contributed by atoms with Crippen LogP contribution < -0.4 is 0 Å². The van der Waals surface area contributed by atoms with E-state index in [9.17, 15) is 14.4 Å². The first-order chi connectivity index (χ1) is 10.4. The number of imide groups is 1. The number of halogens is 2. The maximum Gasteiger partial charge on any atom is 0.269 e. The third-order valence-corrected chi connectivity index (χ3v) is 5.03. The third-order valence-electron chi connectivity index (χ3n) is 3.03. The predicted molar refractivity (Wildman–Crippen MR) is 87.7 cm³/mol. The van der Waals surface area contributed by atoms with Crippen molar-refractivity contribution in [3.05, 3.63) is 8.96 Å². The van der Waals surface area contributed by atoms with Crippen molar-refractivity contribution < 1.29 is 23.9 Å². The van der Waals surface area contributed by atoms with Crippen LogP contribution in [0.25, 0.3) is 0 Å². The normalized spacial score (nSPS) is 15.4. The van der Waals surface area contributed by atoms with Gasteiger partial charge in [-0.25, -0.2) is 0 Å². The molecule has 124 valence electrons. The Balaban J connectivity index is 2.07. The number of amides is 2. The van der Waals surface area contributed by atoms with Gasteiger partial charge >= 0.3 is 0 Å².